The van der Waals surface area contributed by atoms with Crippen molar-refractivity contribution in [1.82, 2.24) is 24.8 Å². The molecule has 4 rings (SSSR count). The van der Waals surface area contributed by atoms with Gasteiger partial charge >= 0.3 is 0 Å². The molecule has 0 spiro atoms. The van der Waals surface area contributed by atoms with E-state index in [9.17, 15) is 0 Å². The van der Waals surface area contributed by atoms with Gasteiger partial charge in [-0.1, -0.05) is 28.4 Å². The quantitative estimate of drug-likeness (QED) is 0.424. The van der Waals surface area contributed by atoms with E-state index in [1.54, 1.807) is 28.9 Å². The molecule has 0 saturated heterocycles. The molecule has 0 amide bonds. The van der Waals surface area contributed by atoms with E-state index >= 15 is 0 Å². The SMILES string of the molecule is CC(C)(C)n1ccc(Cn2nnc3c(Oc4cc(Cl)cc(C#N)c4)c(Cl)ccc32)n1. The summed E-state index contributed by atoms with van der Waals surface area (Å²) >= 11 is 12.5. The third kappa shape index (κ3) is 3.97. The first-order valence-corrected chi connectivity index (χ1v) is 9.95. The van der Waals surface area contributed by atoms with Gasteiger partial charge in [-0.15, -0.1) is 5.10 Å². The van der Waals surface area contributed by atoms with Crippen LogP contribution < -0.4 is 4.74 Å². The zero-order valence-electron chi connectivity index (χ0n) is 16.6. The van der Waals surface area contributed by atoms with Gasteiger partial charge in [-0.3, -0.25) is 4.68 Å². The third-order valence-corrected chi connectivity index (χ3v) is 4.97. The van der Waals surface area contributed by atoms with Gasteiger partial charge in [0.2, 0.25) is 0 Å². The molecule has 9 heteroatoms. The van der Waals surface area contributed by atoms with E-state index in [1.807, 2.05) is 23.0 Å². The Morgan fingerprint density at radius 1 is 1.13 bits per heavy atom. The van der Waals surface area contributed by atoms with Gasteiger partial charge in [-0.05, 0) is 57.2 Å². The maximum atomic E-state index is 9.15. The van der Waals surface area contributed by atoms with Crippen LogP contribution in [0.1, 0.15) is 32.0 Å². The molecule has 7 nitrogen and oxygen atoms in total. The van der Waals surface area contributed by atoms with Crippen LogP contribution >= 0.6 is 23.2 Å². The average molecular weight is 441 g/mol. The van der Waals surface area contributed by atoms with Crippen LogP contribution in [-0.4, -0.2) is 24.8 Å². The second-order valence-corrected chi connectivity index (χ2v) is 8.65. The Bertz CT molecular complexity index is 1280. The number of ether oxygens (including phenoxy) is 1. The zero-order chi connectivity index (χ0) is 21.5. The predicted molar refractivity (Wildman–Crippen MR) is 115 cm³/mol. The predicted octanol–water partition coefficient (Wildman–Crippen LogP) is 5.40. The average Bonchev–Trinajstić information content (AvgIpc) is 3.31. The molecule has 30 heavy (non-hydrogen) atoms. The van der Waals surface area contributed by atoms with Crippen molar-refractivity contribution in [3.8, 4) is 17.6 Å². The van der Waals surface area contributed by atoms with Crippen LogP contribution in [0, 0.1) is 11.3 Å². The maximum Gasteiger partial charge on any atom is 0.175 e. The van der Waals surface area contributed by atoms with Crippen molar-refractivity contribution in [2.45, 2.75) is 32.9 Å². The molecule has 152 valence electrons. The summed E-state index contributed by atoms with van der Waals surface area (Å²) in [6.45, 7) is 6.73. The van der Waals surface area contributed by atoms with E-state index in [2.05, 4.69) is 42.3 Å². The molecule has 2 aromatic carbocycles. The molecule has 0 aliphatic heterocycles. The summed E-state index contributed by atoms with van der Waals surface area (Å²) in [5.41, 5.74) is 2.41. The molecule has 2 heterocycles. The van der Waals surface area contributed by atoms with Crippen molar-refractivity contribution in [3.63, 3.8) is 0 Å². The molecule has 0 saturated carbocycles. The first-order chi connectivity index (χ1) is 14.2. The highest BCUT2D eigenvalue weighted by Gasteiger charge is 2.18. The summed E-state index contributed by atoms with van der Waals surface area (Å²) < 4.78 is 9.61. The van der Waals surface area contributed by atoms with Crippen LogP contribution in [0.4, 0.5) is 0 Å². The number of fused-ring (bicyclic) bond motifs is 1. The standard InChI is InChI=1S/C21H18Cl2N6O/c1-21(2,3)29-7-6-15(26-29)12-28-18-5-4-17(23)20(19(18)25-27-28)30-16-9-13(11-24)8-14(22)10-16/h4-10H,12H2,1-3H3. The summed E-state index contributed by atoms with van der Waals surface area (Å²) in [5.74, 6) is 0.749. The van der Waals surface area contributed by atoms with Crippen molar-refractivity contribution < 1.29 is 4.74 Å². The summed E-state index contributed by atoms with van der Waals surface area (Å²) in [5, 5.41) is 23.1. The van der Waals surface area contributed by atoms with E-state index in [0.717, 1.165) is 11.2 Å². The molecule has 0 atom stereocenters. The number of hydrogen-bond acceptors (Lipinski definition) is 5. The van der Waals surface area contributed by atoms with Crippen molar-refractivity contribution in [2.24, 2.45) is 0 Å². The van der Waals surface area contributed by atoms with E-state index in [-0.39, 0.29) is 5.54 Å². The van der Waals surface area contributed by atoms with E-state index < -0.39 is 0 Å². The van der Waals surface area contributed by atoms with Crippen LogP contribution in [0.3, 0.4) is 0 Å². The molecular weight excluding hydrogens is 423 g/mol. The number of benzene rings is 2. The van der Waals surface area contributed by atoms with Crippen LogP contribution in [0.5, 0.6) is 11.5 Å². The number of nitriles is 1. The summed E-state index contributed by atoms with van der Waals surface area (Å²) in [4.78, 5) is 0. The van der Waals surface area contributed by atoms with E-state index in [0.29, 0.717) is 39.2 Å². The minimum Gasteiger partial charge on any atom is -0.453 e. The molecule has 0 aliphatic carbocycles. The van der Waals surface area contributed by atoms with Gasteiger partial charge in [-0.25, -0.2) is 4.68 Å². The van der Waals surface area contributed by atoms with Crippen molar-refractivity contribution >= 4 is 34.2 Å². The van der Waals surface area contributed by atoms with Crippen LogP contribution in [0.25, 0.3) is 11.0 Å². The number of rotatable bonds is 4. The number of aromatic nitrogens is 5. The molecule has 0 fully saturated rings. The fourth-order valence-electron chi connectivity index (χ4n) is 2.98. The molecule has 0 bridgehead atoms. The molecule has 0 N–H and O–H groups in total. The Morgan fingerprint density at radius 2 is 1.93 bits per heavy atom. The minimum absolute atomic E-state index is 0.101. The molecule has 0 radical (unpaired) electrons. The normalized spacial score (nSPS) is 11.6. The van der Waals surface area contributed by atoms with Gasteiger partial charge in [0.15, 0.2) is 11.3 Å². The smallest absolute Gasteiger partial charge is 0.175 e. The topological polar surface area (TPSA) is 81.5 Å². The fourth-order valence-corrected chi connectivity index (χ4v) is 3.40. The molecular formula is C21H18Cl2N6O. The number of nitrogens with zero attached hydrogens (tertiary/aromatic N) is 6. The Hall–Kier alpha value is -3.08. The molecule has 4 aromatic rings. The van der Waals surface area contributed by atoms with Crippen molar-refractivity contribution in [2.75, 3.05) is 0 Å². The number of hydrogen-bond donors (Lipinski definition) is 0. The highest BCUT2D eigenvalue weighted by Crippen LogP contribution is 2.36. The van der Waals surface area contributed by atoms with Crippen molar-refractivity contribution in [1.29, 1.82) is 5.26 Å². The minimum atomic E-state index is -0.101. The van der Waals surface area contributed by atoms with E-state index in [1.165, 1.54) is 0 Å². The highest BCUT2D eigenvalue weighted by atomic mass is 35.5. The fraction of sp³-hybridized carbons (Fsp3) is 0.238. The van der Waals surface area contributed by atoms with Gasteiger partial charge in [0, 0.05) is 11.2 Å². The lowest BCUT2D eigenvalue weighted by Gasteiger charge is -2.18. The van der Waals surface area contributed by atoms with Gasteiger partial charge in [0.05, 0.1) is 39.9 Å². The largest absolute Gasteiger partial charge is 0.453 e. The Balaban J connectivity index is 1.69. The van der Waals surface area contributed by atoms with Crippen LogP contribution in [0.2, 0.25) is 10.0 Å². The van der Waals surface area contributed by atoms with Gasteiger partial charge in [0.1, 0.15) is 5.75 Å². The highest BCUT2D eigenvalue weighted by molar-refractivity contribution is 6.33. The molecule has 0 aliphatic rings. The van der Waals surface area contributed by atoms with Gasteiger partial charge < -0.3 is 4.74 Å². The summed E-state index contributed by atoms with van der Waals surface area (Å²) in [6, 6.07) is 12.3. The zero-order valence-corrected chi connectivity index (χ0v) is 18.1. The third-order valence-electron chi connectivity index (χ3n) is 4.46. The van der Waals surface area contributed by atoms with Gasteiger partial charge in [-0.2, -0.15) is 10.4 Å². The molecule has 0 unspecified atom stereocenters. The maximum absolute atomic E-state index is 9.15. The summed E-state index contributed by atoms with van der Waals surface area (Å²) in [7, 11) is 0. The van der Waals surface area contributed by atoms with E-state index in [4.69, 9.17) is 33.2 Å². The lowest BCUT2D eigenvalue weighted by Crippen LogP contribution is -2.22. The monoisotopic (exact) mass is 440 g/mol. The number of halogens is 2. The van der Waals surface area contributed by atoms with Crippen LogP contribution in [-0.2, 0) is 12.1 Å². The second kappa shape index (κ2) is 7.63. The Morgan fingerprint density at radius 3 is 2.63 bits per heavy atom. The first kappa shape index (κ1) is 20.2. The van der Waals surface area contributed by atoms with Crippen LogP contribution in [0.15, 0.2) is 42.6 Å². The summed E-state index contributed by atoms with van der Waals surface area (Å²) in [6.07, 6.45) is 1.95. The van der Waals surface area contributed by atoms with Crippen molar-refractivity contribution in [3.05, 3.63) is 63.9 Å². The molecule has 2 aromatic heterocycles. The van der Waals surface area contributed by atoms with Gasteiger partial charge in [0.25, 0.3) is 0 Å². The Labute approximate surface area is 183 Å². The lowest BCUT2D eigenvalue weighted by molar-refractivity contribution is 0.352. The second-order valence-electron chi connectivity index (χ2n) is 7.80. The lowest BCUT2D eigenvalue weighted by atomic mass is 10.1. The Kier molecular flexibility index (Phi) is 5.14. The first-order valence-electron chi connectivity index (χ1n) is 9.20.